The van der Waals surface area contributed by atoms with E-state index in [-0.39, 0.29) is 0 Å². The highest BCUT2D eigenvalue weighted by Gasteiger charge is 2.22. The molecule has 1 aromatic carbocycles. The highest BCUT2D eigenvalue weighted by molar-refractivity contribution is 7.15. The molecule has 1 fully saturated rings. The van der Waals surface area contributed by atoms with E-state index in [1.165, 1.54) is 67.6 Å². The summed E-state index contributed by atoms with van der Waals surface area (Å²) in [5.74, 6) is 0.878. The number of thiazole rings is 1. The third-order valence-corrected chi connectivity index (χ3v) is 7.46. The van der Waals surface area contributed by atoms with Crippen LogP contribution in [-0.2, 0) is 19.4 Å². The van der Waals surface area contributed by atoms with Gasteiger partial charge in [-0.15, -0.1) is 11.3 Å². The van der Waals surface area contributed by atoms with Crippen LogP contribution in [0.3, 0.4) is 0 Å². The van der Waals surface area contributed by atoms with Crippen molar-refractivity contribution < 1.29 is 0 Å². The molecule has 1 N–H and O–H groups in total. The quantitative estimate of drug-likeness (QED) is 0.647. The van der Waals surface area contributed by atoms with Gasteiger partial charge in [0.05, 0.1) is 5.69 Å². The number of anilines is 2. The highest BCUT2D eigenvalue weighted by atomic mass is 32.1. The van der Waals surface area contributed by atoms with Crippen LogP contribution >= 0.6 is 11.3 Å². The normalized spacial score (nSPS) is 16.7. The largest absolute Gasteiger partial charge is 0.371 e. The highest BCUT2D eigenvalue weighted by Crippen LogP contribution is 2.34. The second kappa shape index (κ2) is 8.22. The Morgan fingerprint density at radius 3 is 2.52 bits per heavy atom. The van der Waals surface area contributed by atoms with E-state index in [1.54, 1.807) is 22.5 Å². The minimum Gasteiger partial charge on any atom is -0.371 e. The van der Waals surface area contributed by atoms with Gasteiger partial charge in [0.25, 0.3) is 0 Å². The van der Waals surface area contributed by atoms with Crippen molar-refractivity contribution in [2.45, 2.75) is 72.3 Å². The fraction of sp³-hybridized carbons (Fsp3) is 0.609. The Balaban J connectivity index is 1.58. The summed E-state index contributed by atoms with van der Waals surface area (Å²) in [4.78, 5) is 8.62. The summed E-state index contributed by atoms with van der Waals surface area (Å²) in [5.41, 5.74) is 7.20. The van der Waals surface area contributed by atoms with Crippen molar-refractivity contribution >= 4 is 22.2 Å². The third kappa shape index (κ3) is 4.16. The smallest absolute Gasteiger partial charge is 0.183 e. The lowest BCUT2D eigenvalue weighted by molar-refractivity contribution is 0.535. The topological polar surface area (TPSA) is 28.2 Å². The predicted molar refractivity (Wildman–Crippen MR) is 117 cm³/mol. The summed E-state index contributed by atoms with van der Waals surface area (Å²) >= 11 is 1.77. The lowest BCUT2D eigenvalue weighted by Gasteiger charge is -2.29. The summed E-state index contributed by atoms with van der Waals surface area (Å²) in [7, 11) is 0. The first-order chi connectivity index (χ1) is 13.1. The Kier molecular flexibility index (Phi) is 5.72. The Hall–Kier alpha value is -1.55. The SMILES string of the molecule is CCN(CC1CCCC1)c1cc2c(cc1CNc1nc(C)c(C)s1)CCC2. The number of aryl methyl sites for hydroxylation is 4. The Bertz CT molecular complexity index is 770. The van der Waals surface area contributed by atoms with Crippen molar-refractivity contribution in [3.63, 3.8) is 0 Å². The standard InChI is InChI=1S/C23H33N3S/c1-4-26(15-18-8-5-6-9-18)22-13-20-11-7-10-19(20)12-21(22)14-24-23-25-16(2)17(3)27-23/h12-13,18H,4-11,14-15H2,1-3H3,(H,24,25). The molecule has 0 atom stereocenters. The van der Waals surface area contributed by atoms with E-state index in [9.17, 15) is 0 Å². The van der Waals surface area contributed by atoms with Crippen LogP contribution in [0.4, 0.5) is 10.8 Å². The summed E-state index contributed by atoms with van der Waals surface area (Å²) in [5, 5.41) is 4.66. The molecular weight excluding hydrogens is 350 g/mol. The van der Waals surface area contributed by atoms with Crippen molar-refractivity contribution in [1.29, 1.82) is 0 Å². The van der Waals surface area contributed by atoms with Gasteiger partial charge in [0.15, 0.2) is 5.13 Å². The lowest BCUT2D eigenvalue weighted by atomic mass is 10.0. The molecule has 0 unspecified atom stereocenters. The molecular formula is C23H33N3S. The number of aromatic nitrogens is 1. The Labute approximate surface area is 168 Å². The first kappa shape index (κ1) is 18.8. The van der Waals surface area contributed by atoms with Crippen molar-refractivity contribution in [3.05, 3.63) is 39.4 Å². The Morgan fingerprint density at radius 1 is 1.11 bits per heavy atom. The van der Waals surface area contributed by atoms with E-state index in [1.807, 2.05) is 0 Å². The van der Waals surface area contributed by atoms with Gasteiger partial charge in [0.1, 0.15) is 0 Å². The number of hydrogen-bond acceptors (Lipinski definition) is 4. The van der Waals surface area contributed by atoms with Crippen LogP contribution in [0, 0.1) is 19.8 Å². The van der Waals surface area contributed by atoms with Crippen LogP contribution in [0.1, 0.15) is 66.3 Å². The fourth-order valence-electron chi connectivity index (χ4n) is 4.72. The number of nitrogens with one attached hydrogen (secondary N) is 1. The monoisotopic (exact) mass is 383 g/mol. The zero-order valence-electron chi connectivity index (χ0n) is 17.1. The molecule has 0 radical (unpaired) electrons. The molecule has 27 heavy (non-hydrogen) atoms. The van der Waals surface area contributed by atoms with Gasteiger partial charge >= 0.3 is 0 Å². The molecule has 2 aromatic rings. The Morgan fingerprint density at radius 2 is 1.85 bits per heavy atom. The van der Waals surface area contributed by atoms with E-state index >= 15 is 0 Å². The average Bonchev–Trinajstić information content (AvgIpc) is 3.39. The maximum atomic E-state index is 4.67. The van der Waals surface area contributed by atoms with Gasteiger partial charge in [-0.2, -0.15) is 0 Å². The van der Waals surface area contributed by atoms with Gasteiger partial charge in [0.2, 0.25) is 0 Å². The van der Waals surface area contributed by atoms with Gasteiger partial charge in [-0.05, 0) is 81.5 Å². The predicted octanol–water partition coefficient (Wildman–Crippen LogP) is 5.88. The number of fused-ring (bicyclic) bond motifs is 1. The zero-order valence-corrected chi connectivity index (χ0v) is 17.9. The number of rotatable bonds is 7. The van der Waals surface area contributed by atoms with Crippen LogP contribution in [0.15, 0.2) is 12.1 Å². The van der Waals surface area contributed by atoms with Crippen molar-refractivity contribution in [3.8, 4) is 0 Å². The molecule has 146 valence electrons. The summed E-state index contributed by atoms with van der Waals surface area (Å²) in [6.45, 7) is 9.75. The summed E-state index contributed by atoms with van der Waals surface area (Å²) in [6, 6.07) is 4.99. The van der Waals surface area contributed by atoms with Gasteiger partial charge in [-0.3, -0.25) is 0 Å². The second-order valence-electron chi connectivity index (χ2n) is 8.31. The molecule has 1 aromatic heterocycles. The molecule has 2 aliphatic rings. The van der Waals surface area contributed by atoms with E-state index in [0.717, 1.165) is 29.8 Å². The zero-order chi connectivity index (χ0) is 18.8. The molecule has 2 aliphatic carbocycles. The van der Waals surface area contributed by atoms with Crippen LogP contribution in [0.5, 0.6) is 0 Å². The number of nitrogens with zero attached hydrogens (tertiary/aromatic N) is 2. The maximum Gasteiger partial charge on any atom is 0.183 e. The second-order valence-corrected chi connectivity index (χ2v) is 9.51. The van der Waals surface area contributed by atoms with Crippen molar-refractivity contribution in [2.24, 2.45) is 5.92 Å². The van der Waals surface area contributed by atoms with Crippen molar-refractivity contribution in [1.82, 2.24) is 4.98 Å². The molecule has 1 heterocycles. The van der Waals surface area contributed by atoms with Gasteiger partial charge in [-0.1, -0.05) is 18.9 Å². The summed E-state index contributed by atoms with van der Waals surface area (Å²) in [6.07, 6.45) is 9.46. The minimum absolute atomic E-state index is 0.871. The van der Waals surface area contributed by atoms with E-state index < -0.39 is 0 Å². The first-order valence-corrected chi connectivity index (χ1v) is 11.5. The van der Waals surface area contributed by atoms with E-state index in [4.69, 9.17) is 0 Å². The minimum atomic E-state index is 0.871. The van der Waals surface area contributed by atoms with Gasteiger partial charge in [-0.25, -0.2) is 4.98 Å². The molecule has 0 aliphatic heterocycles. The van der Waals surface area contributed by atoms with Gasteiger partial charge in [0, 0.05) is 30.2 Å². The molecule has 0 amide bonds. The summed E-state index contributed by atoms with van der Waals surface area (Å²) < 4.78 is 0. The molecule has 0 bridgehead atoms. The van der Waals surface area contributed by atoms with Crippen LogP contribution in [0.25, 0.3) is 0 Å². The van der Waals surface area contributed by atoms with Crippen LogP contribution in [0.2, 0.25) is 0 Å². The molecule has 3 nitrogen and oxygen atoms in total. The molecule has 1 saturated carbocycles. The third-order valence-electron chi connectivity index (χ3n) is 6.43. The molecule has 0 spiro atoms. The van der Waals surface area contributed by atoms with Crippen LogP contribution < -0.4 is 10.2 Å². The first-order valence-electron chi connectivity index (χ1n) is 10.7. The lowest BCUT2D eigenvalue weighted by Crippen LogP contribution is -2.29. The number of benzene rings is 1. The van der Waals surface area contributed by atoms with E-state index in [2.05, 4.69) is 48.1 Å². The average molecular weight is 384 g/mol. The number of hydrogen-bond donors (Lipinski definition) is 1. The van der Waals surface area contributed by atoms with Crippen molar-refractivity contribution in [2.75, 3.05) is 23.3 Å². The molecule has 4 heteroatoms. The maximum absolute atomic E-state index is 4.67. The molecule has 0 saturated heterocycles. The van der Waals surface area contributed by atoms with Gasteiger partial charge < -0.3 is 10.2 Å². The van der Waals surface area contributed by atoms with Crippen LogP contribution in [-0.4, -0.2) is 18.1 Å². The fourth-order valence-corrected chi connectivity index (χ4v) is 5.53. The van der Waals surface area contributed by atoms with E-state index in [0.29, 0.717) is 0 Å². The molecule has 4 rings (SSSR count).